The van der Waals surface area contributed by atoms with Gasteiger partial charge in [0.2, 0.25) is 0 Å². The highest BCUT2D eigenvalue weighted by molar-refractivity contribution is 5.73. The average Bonchev–Trinajstić information content (AvgIpc) is 2.60. The molecule has 0 radical (unpaired) electrons. The van der Waals surface area contributed by atoms with E-state index in [-0.39, 0.29) is 5.76 Å². The first-order valence-corrected chi connectivity index (χ1v) is 5.59. The van der Waals surface area contributed by atoms with Crippen LogP contribution in [-0.2, 0) is 13.1 Å². The summed E-state index contributed by atoms with van der Waals surface area (Å²) >= 11 is 0. The van der Waals surface area contributed by atoms with Gasteiger partial charge < -0.3 is 9.73 Å². The fourth-order valence-corrected chi connectivity index (χ4v) is 1.79. The number of hydrogen-bond acceptors (Lipinski definition) is 3. The number of hydrogen-bond donors (Lipinski definition) is 1. The summed E-state index contributed by atoms with van der Waals surface area (Å²) in [4.78, 5) is 11.5. The van der Waals surface area contributed by atoms with Gasteiger partial charge in [-0.05, 0) is 31.2 Å². The standard InChI is InChI=1S/C12H16N2O2/c1-3-13-8-9-5-6-10-11(7-9)16-12(15)14(10)4-2/h5-7,13H,3-4,8H2,1-2H3. The van der Waals surface area contributed by atoms with Crippen molar-refractivity contribution in [2.45, 2.75) is 26.9 Å². The Morgan fingerprint density at radius 1 is 1.38 bits per heavy atom. The van der Waals surface area contributed by atoms with Crippen LogP contribution >= 0.6 is 0 Å². The summed E-state index contributed by atoms with van der Waals surface area (Å²) < 4.78 is 6.82. The first kappa shape index (κ1) is 11.0. The molecule has 0 unspecified atom stereocenters. The summed E-state index contributed by atoms with van der Waals surface area (Å²) in [5.74, 6) is -0.280. The Hall–Kier alpha value is -1.55. The molecular formula is C12H16N2O2. The van der Waals surface area contributed by atoms with Gasteiger partial charge in [0.25, 0.3) is 0 Å². The average molecular weight is 220 g/mol. The van der Waals surface area contributed by atoms with E-state index in [2.05, 4.69) is 12.2 Å². The Balaban J connectivity index is 2.43. The molecule has 4 heteroatoms. The fraction of sp³-hybridized carbons (Fsp3) is 0.417. The van der Waals surface area contributed by atoms with Crippen molar-refractivity contribution in [3.63, 3.8) is 0 Å². The van der Waals surface area contributed by atoms with Crippen LogP contribution in [0, 0.1) is 0 Å². The molecule has 0 atom stereocenters. The Bertz CT molecular complexity index is 539. The molecule has 1 heterocycles. The Morgan fingerprint density at radius 3 is 2.88 bits per heavy atom. The van der Waals surface area contributed by atoms with Crippen LogP contribution in [0.3, 0.4) is 0 Å². The predicted octanol–water partition coefficient (Wildman–Crippen LogP) is 1.72. The molecular weight excluding hydrogens is 204 g/mol. The van der Waals surface area contributed by atoms with Crippen molar-refractivity contribution in [2.24, 2.45) is 0 Å². The highest BCUT2D eigenvalue weighted by atomic mass is 16.4. The molecule has 0 saturated carbocycles. The van der Waals surface area contributed by atoms with E-state index in [9.17, 15) is 4.79 Å². The van der Waals surface area contributed by atoms with Crippen molar-refractivity contribution in [3.05, 3.63) is 34.3 Å². The van der Waals surface area contributed by atoms with Gasteiger partial charge in [-0.3, -0.25) is 4.57 Å². The maximum atomic E-state index is 11.5. The van der Waals surface area contributed by atoms with Crippen LogP contribution < -0.4 is 11.1 Å². The smallest absolute Gasteiger partial charge is 0.408 e. The summed E-state index contributed by atoms with van der Waals surface area (Å²) in [7, 11) is 0. The van der Waals surface area contributed by atoms with Crippen molar-refractivity contribution in [1.82, 2.24) is 9.88 Å². The Morgan fingerprint density at radius 2 is 2.19 bits per heavy atom. The van der Waals surface area contributed by atoms with Gasteiger partial charge in [-0.2, -0.15) is 0 Å². The molecule has 2 rings (SSSR count). The number of nitrogens with one attached hydrogen (secondary N) is 1. The van der Waals surface area contributed by atoms with E-state index in [0.29, 0.717) is 12.1 Å². The van der Waals surface area contributed by atoms with Gasteiger partial charge in [0.05, 0.1) is 5.52 Å². The van der Waals surface area contributed by atoms with Crippen LogP contribution in [0.25, 0.3) is 11.1 Å². The lowest BCUT2D eigenvalue weighted by Crippen LogP contribution is -2.12. The molecule has 1 N–H and O–H groups in total. The molecule has 86 valence electrons. The van der Waals surface area contributed by atoms with Gasteiger partial charge in [0, 0.05) is 13.1 Å². The fourth-order valence-electron chi connectivity index (χ4n) is 1.79. The molecule has 0 aliphatic heterocycles. The van der Waals surface area contributed by atoms with Crippen LogP contribution in [0.15, 0.2) is 27.4 Å². The summed E-state index contributed by atoms with van der Waals surface area (Å²) in [6.07, 6.45) is 0. The molecule has 1 aromatic heterocycles. The van der Waals surface area contributed by atoms with Crippen molar-refractivity contribution in [2.75, 3.05) is 6.54 Å². The third-order valence-electron chi connectivity index (χ3n) is 2.63. The van der Waals surface area contributed by atoms with Crippen LogP contribution in [0.1, 0.15) is 19.4 Å². The molecule has 0 saturated heterocycles. The minimum atomic E-state index is -0.280. The molecule has 0 spiro atoms. The van der Waals surface area contributed by atoms with Crippen molar-refractivity contribution in [3.8, 4) is 0 Å². The second kappa shape index (κ2) is 4.53. The van der Waals surface area contributed by atoms with E-state index < -0.39 is 0 Å². The first-order chi connectivity index (χ1) is 7.76. The lowest BCUT2D eigenvalue weighted by atomic mass is 10.2. The number of oxazole rings is 1. The van der Waals surface area contributed by atoms with Gasteiger partial charge in [-0.1, -0.05) is 13.0 Å². The van der Waals surface area contributed by atoms with E-state index in [1.165, 1.54) is 0 Å². The maximum Gasteiger partial charge on any atom is 0.419 e. The third kappa shape index (κ3) is 1.88. The monoisotopic (exact) mass is 220 g/mol. The lowest BCUT2D eigenvalue weighted by Gasteiger charge is -2.01. The normalized spacial score (nSPS) is 11.1. The summed E-state index contributed by atoms with van der Waals surface area (Å²) in [5.41, 5.74) is 2.67. The Labute approximate surface area is 93.9 Å². The number of aryl methyl sites for hydroxylation is 1. The summed E-state index contributed by atoms with van der Waals surface area (Å²) in [6.45, 7) is 6.36. The molecule has 0 aliphatic carbocycles. The zero-order chi connectivity index (χ0) is 11.5. The van der Waals surface area contributed by atoms with Gasteiger partial charge in [-0.15, -0.1) is 0 Å². The zero-order valence-corrected chi connectivity index (χ0v) is 9.62. The van der Waals surface area contributed by atoms with Crippen molar-refractivity contribution in [1.29, 1.82) is 0 Å². The molecule has 4 nitrogen and oxygen atoms in total. The van der Waals surface area contributed by atoms with Gasteiger partial charge in [0.1, 0.15) is 0 Å². The quantitative estimate of drug-likeness (QED) is 0.853. The molecule has 0 amide bonds. The van der Waals surface area contributed by atoms with E-state index in [1.807, 2.05) is 25.1 Å². The highest BCUT2D eigenvalue weighted by Crippen LogP contribution is 2.14. The third-order valence-corrected chi connectivity index (χ3v) is 2.63. The van der Waals surface area contributed by atoms with E-state index in [4.69, 9.17) is 4.42 Å². The second-order valence-electron chi connectivity index (χ2n) is 3.69. The number of nitrogens with zero attached hydrogens (tertiary/aromatic N) is 1. The van der Waals surface area contributed by atoms with Crippen LogP contribution in [0.5, 0.6) is 0 Å². The van der Waals surface area contributed by atoms with Crippen LogP contribution in [0.2, 0.25) is 0 Å². The molecule has 2 aromatic rings. The second-order valence-corrected chi connectivity index (χ2v) is 3.69. The molecule has 1 aromatic carbocycles. The SMILES string of the molecule is CCNCc1ccc2c(c1)oc(=O)n2CC. The maximum absolute atomic E-state index is 11.5. The molecule has 16 heavy (non-hydrogen) atoms. The number of benzene rings is 1. The zero-order valence-electron chi connectivity index (χ0n) is 9.62. The van der Waals surface area contributed by atoms with E-state index in [0.717, 1.165) is 24.2 Å². The van der Waals surface area contributed by atoms with Gasteiger partial charge >= 0.3 is 5.76 Å². The van der Waals surface area contributed by atoms with E-state index in [1.54, 1.807) is 4.57 Å². The van der Waals surface area contributed by atoms with E-state index >= 15 is 0 Å². The number of aromatic nitrogens is 1. The first-order valence-electron chi connectivity index (χ1n) is 5.59. The minimum Gasteiger partial charge on any atom is -0.408 e. The number of fused-ring (bicyclic) bond motifs is 1. The van der Waals surface area contributed by atoms with Gasteiger partial charge in [-0.25, -0.2) is 4.79 Å². The largest absolute Gasteiger partial charge is 0.419 e. The summed E-state index contributed by atoms with van der Waals surface area (Å²) in [5, 5.41) is 3.24. The van der Waals surface area contributed by atoms with Crippen molar-refractivity contribution < 1.29 is 4.42 Å². The van der Waals surface area contributed by atoms with Crippen LogP contribution in [-0.4, -0.2) is 11.1 Å². The topological polar surface area (TPSA) is 47.2 Å². The lowest BCUT2D eigenvalue weighted by molar-refractivity contribution is 0.513. The highest BCUT2D eigenvalue weighted by Gasteiger charge is 2.07. The molecule has 0 bridgehead atoms. The Kier molecular flexibility index (Phi) is 3.10. The van der Waals surface area contributed by atoms with Gasteiger partial charge in [0.15, 0.2) is 5.58 Å². The van der Waals surface area contributed by atoms with Crippen LogP contribution in [0.4, 0.5) is 0 Å². The predicted molar refractivity (Wildman–Crippen MR) is 63.5 cm³/mol. The molecule has 0 aliphatic rings. The summed E-state index contributed by atoms with van der Waals surface area (Å²) in [6, 6.07) is 5.88. The number of rotatable bonds is 4. The molecule has 0 fully saturated rings. The van der Waals surface area contributed by atoms with Crippen molar-refractivity contribution >= 4 is 11.1 Å². The minimum absolute atomic E-state index is 0.280.